The normalized spacial score (nSPS) is 23.8. The van der Waals surface area contributed by atoms with Crippen LogP contribution in [0.5, 0.6) is 0 Å². The summed E-state index contributed by atoms with van der Waals surface area (Å²) in [6.07, 6.45) is 3.62. The van der Waals surface area contributed by atoms with E-state index in [1.807, 2.05) is 18.3 Å². The Bertz CT molecular complexity index is 232. The van der Waals surface area contributed by atoms with Crippen LogP contribution < -0.4 is 5.32 Å². The van der Waals surface area contributed by atoms with Crippen molar-refractivity contribution in [1.29, 1.82) is 0 Å². The summed E-state index contributed by atoms with van der Waals surface area (Å²) in [4.78, 5) is 4.04. The molecule has 1 aliphatic heterocycles. The van der Waals surface area contributed by atoms with Crippen LogP contribution in [0.3, 0.4) is 0 Å². The Balaban J connectivity index is 2.08. The van der Waals surface area contributed by atoms with Gasteiger partial charge in [0.1, 0.15) is 0 Å². The van der Waals surface area contributed by atoms with Crippen LogP contribution in [0.2, 0.25) is 0 Å². The molecule has 1 fully saturated rings. The van der Waals surface area contributed by atoms with E-state index in [1.165, 1.54) is 0 Å². The summed E-state index contributed by atoms with van der Waals surface area (Å²) in [5.74, 6) is 0. The Hall–Kier alpha value is -0.930. The average molecular weight is 163 g/mol. The quantitative estimate of drug-likeness (QED) is 0.612. The number of aromatic nitrogens is 1. The molecule has 1 radical (unpaired) electrons. The minimum Gasteiger partial charge on any atom is -0.378 e. The largest absolute Gasteiger partial charge is 0.378 e. The smallest absolute Gasteiger partial charge is 0.0745 e. The molecule has 0 N–H and O–H groups in total. The van der Waals surface area contributed by atoms with Crippen molar-refractivity contribution in [2.45, 2.75) is 6.04 Å². The van der Waals surface area contributed by atoms with Crippen LogP contribution >= 0.6 is 0 Å². The van der Waals surface area contributed by atoms with Gasteiger partial charge >= 0.3 is 0 Å². The molecular weight excluding hydrogens is 152 g/mol. The standard InChI is InChI=1S/C9H11N2O/c1-2-8(6-10-3-1)9-7-12-5-4-11-9/h1-3,6,9H,4-5,7H2. The molecule has 1 atom stereocenters. The van der Waals surface area contributed by atoms with E-state index in [2.05, 4.69) is 10.3 Å². The van der Waals surface area contributed by atoms with Gasteiger partial charge in [-0.05, 0) is 11.6 Å². The zero-order valence-electron chi connectivity index (χ0n) is 6.81. The van der Waals surface area contributed by atoms with Crippen LogP contribution in [0, 0.1) is 0 Å². The van der Waals surface area contributed by atoms with Crippen LogP contribution in [0.15, 0.2) is 24.5 Å². The summed E-state index contributed by atoms with van der Waals surface area (Å²) in [5.41, 5.74) is 1.15. The summed E-state index contributed by atoms with van der Waals surface area (Å²) >= 11 is 0. The van der Waals surface area contributed by atoms with Crippen molar-refractivity contribution in [1.82, 2.24) is 10.3 Å². The summed E-state index contributed by atoms with van der Waals surface area (Å²) in [6, 6.07) is 4.17. The van der Waals surface area contributed by atoms with Gasteiger partial charge in [0.15, 0.2) is 0 Å². The lowest BCUT2D eigenvalue weighted by atomic mass is 10.1. The van der Waals surface area contributed by atoms with Crippen molar-refractivity contribution in [2.75, 3.05) is 19.8 Å². The Morgan fingerprint density at radius 1 is 1.50 bits per heavy atom. The van der Waals surface area contributed by atoms with E-state index in [0.29, 0.717) is 6.61 Å². The molecule has 0 spiro atoms. The predicted octanol–water partition coefficient (Wildman–Crippen LogP) is 0.757. The second-order valence-corrected chi connectivity index (χ2v) is 2.78. The molecule has 1 aliphatic rings. The van der Waals surface area contributed by atoms with Gasteiger partial charge in [-0.3, -0.25) is 4.98 Å². The third-order valence-corrected chi connectivity index (χ3v) is 1.93. The molecule has 0 amide bonds. The average Bonchev–Trinajstić information content (AvgIpc) is 2.21. The maximum Gasteiger partial charge on any atom is 0.0745 e. The van der Waals surface area contributed by atoms with E-state index in [4.69, 9.17) is 4.74 Å². The maximum atomic E-state index is 5.31. The van der Waals surface area contributed by atoms with Crippen LogP contribution in [0.1, 0.15) is 11.6 Å². The van der Waals surface area contributed by atoms with E-state index in [-0.39, 0.29) is 6.04 Å². The molecule has 0 bridgehead atoms. The highest BCUT2D eigenvalue weighted by atomic mass is 16.5. The molecule has 2 heterocycles. The molecule has 1 aromatic rings. The van der Waals surface area contributed by atoms with Crippen molar-refractivity contribution in [3.8, 4) is 0 Å². The fraction of sp³-hybridized carbons (Fsp3) is 0.444. The lowest BCUT2D eigenvalue weighted by Gasteiger charge is -2.21. The summed E-state index contributed by atoms with van der Waals surface area (Å²) in [5, 5.41) is 4.43. The molecule has 0 saturated carbocycles. The number of nitrogens with zero attached hydrogens (tertiary/aromatic N) is 2. The third-order valence-electron chi connectivity index (χ3n) is 1.93. The van der Waals surface area contributed by atoms with Gasteiger partial charge in [-0.2, -0.15) is 0 Å². The van der Waals surface area contributed by atoms with Crippen molar-refractivity contribution < 1.29 is 4.74 Å². The molecule has 3 nitrogen and oxygen atoms in total. The van der Waals surface area contributed by atoms with Crippen LogP contribution in [-0.2, 0) is 4.74 Å². The van der Waals surface area contributed by atoms with Crippen LogP contribution in [0.4, 0.5) is 0 Å². The molecule has 63 valence electrons. The number of hydrogen-bond donors (Lipinski definition) is 0. The van der Waals surface area contributed by atoms with Crippen LogP contribution in [-0.4, -0.2) is 24.7 Å². The minimum absolute atomic E-state index is 0.201. The Morgan fingerprint density at radius 2 is 2.50 bits per heavy atom. The van der Waals surface area contributed by atoms with Crippen molar-refractivity contribution in [3.05, 3.63) is 30.1 Å². The first-order chi connectivity index (χ1) is 5.97. The van der Waals surface area contributed by atoms with Gasteiger partial charge in [-0.1, -0.05) is 6.07 Å². The van der Waals surface area contributed by atoms with Crippen LogP contribution in [0.25, 0.3) is 0 Å². The number of pyridine rings is 1. The first-order valence-electron chi connectivity index (χ1n) is 4.11. The fourth-order valence-electron chi connectivity index (χ4n) is 1.30. The summed E-state index contributed by atoms with van der Waals surface area (Å²) < 4.78 is 5.31. The first kappa shape index (κ1) is 7.71. The highest BCUT2D eigenvalue weighted by molar-refractivity contribution is 5.14. The molecule has 1 unspecified atom stereocenters. The Morgan fingerprint density at radius 3 is 3.17 bits per heavy atom. The molecule has 0 aliphatic carbocycles. The Labute approximate surface area is 71.8 Å². The molecule has 1 aromatic heterocycles. The number of ether oxygens (including phenoxy) is 1. The number of rotatable bonds is 1. The zero-order valence-corrected chi connectivity index (χ0v) is 6.81. The third kappa shape index (κ3) is 1.62. The molecule has 3 heteroatoms. The summed E-state index contributed by atoms with van der Waals surface area (Å²) in [7, 11) is 0. The van der Waals surface area contributed by atoms with Gasteiger partial charge < -0.3 is 4.74 Å². The van der Waals surface area contributed by atoms with Gasteiger partial charge in [0.2, 0.25) is 0 Å². The molecule has 2 rings (SSSR count). The first-order valence-corrected chi connectivity index (χ1v) is 4.11. The highest BCUT2D eigenvalue weighted by Crippen LogP contribution is 2.14. The molecule has 1 saturated heterocycles. The van der Waals surface area contributed by atoms with Crippen molar-refractivity contribution in [2.24, 2.45) is 0 Å². The summed E-state index contributed by atoms with van der Waals surface area (Å²) in [6.45, 7) is 2.27. The monoisotopic (exact) mass is 163 g/mol. The van der Waals surface area contributed by atoms with Crippen molar-refractivity contribution in [3.63, 3.8) is 0 Å². The van der Waals surface area contributed by atoms with Crippen molar-refractivity contribution >= 4 is 0 Å². The fourth-order valence-corrected chi connectivity index (χ4v) is 1.30. The van der Waals surface area contributed by atoms with Gasteiger partial charge in [-0.15, -0.1) is 0 Å². The van der Waals surface area contributed by atoms with Gasteiger partial charge in [0, 0.05) is 18.9 Å². The second-order valence-electron chi connectivity index (χ2n) is 2.78. The number of morpholine rings is 1. The Kier molecular flexibility index (Phi) is 2.34. The van der Waals surface area contributed by atoms with E-state index in [9.17, 15) is 0 Å². The molecule has 0 aromatic carbocycles. The number of hydrogen-bond acceptors (Lipinski definition) is 2. The van der Waals surface area contributed by atoms with Gasteiger partial charge in [0.05, 0.1) is 19.3 Å². The van der Waals surface area contributed by atoms with Gasteiger partial charge in [0.25, 0.3) is 0 Å². The van der Waals surface area contributed by atoms with Gasteiger partial charge in [-0.25, -0.2) is 5.32 Å². The SMILES string of the molecule is c1cncc(C2COCC[N]2)c1. The maximum absolute atomic E-state index is 5.31. The predicted molar refractivity (Wildman–Crippen MR) is 44.8 cm³/mol. The van der Waals surface area contributed by atoms with E-state index >= 15 is 0 Å². The second kappa shape index (κ2) is 3.65. The van der Waals surface area contributed by atoms with E-state index in [0.717, 1.165) is 18.7 Å². The molecule has 12 heavy (non-hydrogen) atoms. The lowest BCUT2D eigenvalue weighted by Crippen LogP contribution is -2.29. The van der Waals surface area contributed by atoms with E-state index < -0.39 is 0 Å². The topological polar surface area (TPSA) is 36.2 Å². The lowest BCUT2D eigenvalue weighted by molar-refractivity contribution is 0.0744. The molecular formula is C9H11N2O. The zero-order chi connectivity index (χ0) is 8.23. The van der Waals surface area contributed by atoms with E-state index in [1.54, 1.807) is 6.20 Å². The highest BCUT2D eigenvalue weighted by Gasteiger charge is 2.15. The minimum atomic E-state index is 0.201.